The molecule has 0 aliphatic heterocycles. The number of thiophene rings is 1. The van der Waals surface area contributed by atoms with Gasteiger partial charge < -0.3 is 16.4 Å². The lowest BCUT2D eigenvalue weighted by Gasteiger charge is -2.32. The third-order valence-corrected chi connectivity index (χ3v) is 7.09. The largest absolute Gasteiger partial charge is 0.354 e. The van der Waals surface area contributed by atoms with Crippen LogP contribution in [0.5, 0.6) is 0 Å². The number of hydrogen-bond donors (Lipinski definition) is 3. The van der Waals surface area contributed by atoms with Crippen LogP contribution in [0.4, 0.5) is 5.69 Å². The van der Waals surface area contributed by atoms with Crippen LogP contribution in [0.1, 0.15) is 44.4 Å². The van der Waals surface area contributed by atoms with E-state index in [-0.39, 0.29) is 23.8 Å². The average Bonchev–Trinajstić information content (AvgIpc) is 3.28. The molecule has 29 heavy (non-hydrogen) atoms. The van der Waals surface area contributed by atoms with Crippen LogP contribution in [0.25, 0.3) is 0 Å². The molecule has 1 unspecified atom stereocenters. The van der Waals surface area contributed by atoms with Crippen LogP contribution in [0.15, 0.2) is 42.0 Å². The summed E-state index contributed by atoms with van der Waals surface area (Å²) in [5, 5.41) is 7.98. The third kappa shape index (κ3) is 5.42. The van der Waals surface area contributed by atoms with Gasteiger partial charge in [0.2, 0.25) is 11.8 Å². The molecule has 2 amide bonds. The molecule has 0 saturated heterocycles. The number of rotatable bonds is 7. The quantitative estimate of drug-likeness (QED) is 0.647. The van der Waals surface area contributed by atoms with Crippen molar-refractivity contribution in [2.75, 3.05) is 11.9 Å². The number of carbonyl (C=O) groups excluding carboxylic acids is 2. The summed E-state index contributed by atoms with van der Waals surface area (Å²) in [6, 6.07) is 7.44. The Morgan fingerprint density at radius 1 is 1.21 bits per heavy atom. The Hall–Kier alpha value is -2.25. The van der Waals surface area contributed by atoms with E-state index in [9.17, 15) is 9.59 Å². The fourth-order valence-electron chi connectivity index (χ4n) is 3.83. The lowest BCUT2D eigenvalue weighted by molar-refractivity contribution is -0.125. The average molecular weight is 415 g/mol. The second-order valence-electron chi connectivity index (χ2n) is 8.31. The molecule has 7 heteroatoms. The van der Waals surface area contributed by atoms with Gasteiger partial charge in [0.15, 0.2) is 0 Å². The molecule has 1 fully saturated rings. The number of nitrogens with two attached hydrogens (primary N) is 1. The molecule has 0 radical (unpaired) electrons. The summed E-state index contributed by atoms with van der Waals surface area (Å²) in [6.07, 6.45) is 6.78. The van der Waals surface area contributed by atoms with Crippen LogP contribution >= 0.6 is 11.3 Å². The second-order valence-corrected chi connectivity index (χ2v) is 9.26. The normalized spacial score (nSPS) is 20.7. The van der Waals surface area contributed by atoms with Gasteiger partial charge in [0.05, 0.1) is 5.41 Å². The van der Waals surface area contributed by atoms with Crippen molar-refractivity contribution >= 4 is 28.8 Å². The molecule has 1 aliphatic carbocycles. The fraction of sp³-hybridized carbons (Fsp3) is 0.500. The topological polar surface area (TPSA) is 97.1 Å². The summed E-state index contributed by atoms with van der Waals surface area (Å²) in [4.78, 5) is 30.1. The van der Waals surface area contributed by atoms with E-state index in [2.05, 4.69) is 15.6 Å². The summed E-state index contributed by atoms with van der Waals surface area (Å²) >= 11 is 1.59. The van der Waals surface area contributed by atoms with Gasteiger partial charge in [-0.25, -0.2) is 0 Å². The number of nitrogens with one attached hydrogen (secondary N) is 2. The molecular weight excluding hydrogens is 384 g/mol. The SMILES string of the molecule is CC(C)(C(=O)NCC(N)C1CCC(C(=O)Nc2ccncc2)CC1)c1cccs1. The highest BCUT2D eigenvalue weighted by Gasteiger charge is 2.33. The lowest BCUT2D eigenvalue weighted by Crippen LogP contribution is -2.48. The number of anilines is 1. The first kappa shape index (κ1) is 21.5. The van der Waals surface area contributed by atoms with E-state index in [1.807, 2.05) is 31.4 Å². The van der Waals surface area contributed by atoms with E-state index in [0.717, 1.165) is 36.2 Å². The number of carbonyl (C=O) groups is 2. The predicted molar refractivity (Wildman–Crippen MR) is 117 cm³/mol. The van der Waals surface area contributed by atoms with E-state index in [1.165, 1.54) is 0 Å². The molecule has 4 N–H and O–H groups in total. The van der Waals surface area contributed by atoms with Crippen molar-refractivity contribution in [2.45, 2.75) is 51.0 Å². The van der Waals surface area contributed by atoms with Crippen LogP contribution in [-0.4, -0.2) is 29.4 Å². The summed E-state index contributed by atoms with van der Waals surface area (Å²) < 4.78 is 0. The molecule has 156 valence electrons. The molecule has 0 aromatic carbocycles. The van der Waals surface area contributed by atoms with Gasteiger partial charge >= 0.3 is 0 Å². The van der Waals surface area contributed by atoms with E-state index in [4.69, 9.17) is 5.73 Å². The van der Waals surface area contributed by atoms with Crippen LogP contribution in [0, 0.1) is 11.8 Å². The van der Waals surface area contributed by atoms with Gasteiger partial charge in [-0.2, -0.15) is 0 Å². The van der Waals surface area contributed by atoms with Crippen molar-refractivity contribution in [3.8, 4) is 0 Å². The van der Waals surface area contributed by atoms with Crippen molar-refractivity contribution in [2.24, 2.45) is 17.6 Å². The van der Waals surface area contributed by atoms with Gasteiger partial charge in [-0.3, -0.25) is 14.6 Å². The molecule has 6 nitrogen and oxygen atoms in total. The van der Waals surface area contributed by atoms with Crippen molar-refractivity contribution in [3.05, 3.63) is 46.9 Å². The first-order valence-corrected chi connectivity index (χ1v) is 11.0. The Labute approximate surface area is 176 Å². The van der Waals surface area contributed by atoms with E-state index >= 15 is 0 Å². The highest BCUT2D eigenvalue weighted by atomic mass is 32.1. The molecule has 0 spiro atoms. The molecule has 1 aliphatic rings. The third-order valence-electron chi connectivity index (χ3n) is 5.90. The fourth-order valence-corrected chi connectivity index (χ4v) is 4.68. The Morgan fingerprint density at radius 3 is 2.52 bits per heavy atom. The number of amides is 2. The van der Waals surface area contributed by atoms with E-state index < -0.39 is 5.41 Å². The molecule has 2 aromatic rings. The Balaban J connectivity index is 1.43. The second kappa shape index (κ2) is 9.50. The zero-order chi connectivity index (χ0) is 20.9. The van der Waals surface area contributed by atoms with E-state index in [1.54, 1.807) is 35.9 Å². The zero-order valence-corrected chi connectivity index (χ0v) is 17.9. The number of pyridine rings is 1. The molecule has 1 saturated carbocycles. The van der Waals surface area contributed by atoms with Crippen LogP contribution < -0.4 is 16.4 Å². The Bertz CT molecular complexity index is 799. The number of aromatic nitrogens is 1. The smallest absolute Gasteiger partial charge is 0.230 e. The lowest BCUT2D eigenvalue weighted by atomic mass is 9.78. The van der Waals surface area contributed by atoms with Gasteiger partial charge in [0, 0.05) is 41.5 Å². The standard InChI is InChI=1S/C22H30N4O2S/c1-22(2,19-4-3-13-29-19)21(28)25-14-18(23)15-5-7-16(8-6-15)20(27)26-17-9-11-24-12-10-17/h3-4,9-13,15-16,18H,5-8,14,23H2,1-2H3,(H,25,28)(H,24,26,27). The highest BCUT2D eigenvalue weighted by molar-refractivity contribution is 7.10. The summed E-state index contributed by atoms with van der Waals surface area (Å²) in [6.45, 7) is 4.34. The molecule has 1 atom stereocenters. The first-order chi connectivity index (χ1) is 13.9. The maximum absolute atomic E-state index is 12.6. The molecule has 3 rings (SSSR count). The minimum atomic E-state index is -0.559. The number of hydrogen-bond acceptors (Lipinski definition) is 5. The van der Waals surface area contributed by atoms with E-state index in [0.29, 0.717) is 12.5 Å². The maximum atomic E-state index is 12.6. The van der Waals surface area contributed by atoms with Crippen molar-refractivity contribution < 1.29 is 9.59 Å². The monoisotopic (exact) mass is 414 g/mol. The van der Waals surface area contributed by atoms with Gasteiger partial charge in [-0.1, -0.05) is 6.07 Å². The molecular formula is C22H30N4O2S. The zero-order valence-electron chi connectivity index (χ0n) is 17.1. The Kier molecular flexibility index (Phi) is 7.03. The van der Waals surface area contributed by atoms with Gasteiger partial charge in [0.1, 0.15) is 0 Å². The van der Waals surface area contributed by atoms with Crippen LogP contribution in [-0.2, 0) is 15.0 Å². The molecule has 0 bridgehead atoms. The van der Waals surface area contributed by atoms with Gasteiger partial charge in [-0.15, -0.1) is 11.3 Å². The Morgan fingerprint density at radius 2 is 1.90 bits per heavy atom. The number of nitrogens with zero attached hydrogens (tertiary/aromatic N) is 1. The van der Waals surface area contributed by atoms with Crippen molar-refractivity contribution in [1.29, 1.82) is 0 Å². The summed E-state index contributed by atoms with van der Waals surface area (Å²) in [5.41, 5.74) is 6.60. The van der Waals surface area contributed by atoms with Crippen molar-refractivity contribution in [1.82, 2.24) is 10.3 Å². The van der Waals surface area contributed by atoms with Crippen molar-refractivity contribution in [3.63, 3.8) is 0 Å². The molecule has 2 aromatic heterocycles. The minimum Gasteiger partial charge on any atom is -0.354 e. The van der Waals surface area contributed by atoms with Gasteiger partial charge in [0.25, 0.3) is 0 Å². The van der Waals surface area contributed by atoms with Crippen LogP contribution in [0.2, 0.25) is 0 Å². The van der Waals surface area contributed by atoms with Gasteiger partial charge in [-0.05, 0) is 69.0 Å². The first-order valence-electron chi connectivity index (χ1n) is 10.2. The summed E-state index contributed by atoms with van der Waals surface area (Å²) in [5.74, 6) is 0.402. The molecule has 2 heterocycles. The predicted octanol–water partition coefficient (Wildman–Crippen LogP) is 3.31. The maximum Gasteiger partial charge on any atom is 0.230 e. The van der Waals surface area contributed by atoms with Crippen LogP contribution in [0.3, 0.4) is 0 Å². The minimum absolute atomic E-state index is 0.000754. The summed E-state index contributed by atoms with van der Waals surface area (Å²) in [7, 11) is 0. The highest BCUT2D eigenvalue weighted by Crippen LogP contribution is 2.31.